The quantitative estimate of drug-likeness (QED) is 0.771. The molecule has 1 aromatic carbocycles. The lowest BCUT2D eigenvalue weighted by atomic mass is 10.3. The van der Waals surface area contributed by atoms with E-state index in [0.29, 0.717) is 5.75 Å². The van der Waals surface area contributed by atoms with Crippen LogP contribution in [0.3, 0.4) is 0 Å². The summed E-state index contributed by atoms with van der Waals surface area (Å²) in [6.07, 6.45) is 0. The molecule has 0 aliphatic carbocycles. The van der Waals surface area contributed by atoms with Gasteiger partial charge in [-0.1, -0.05) is 12.1 Å². The van der Waals surface area contributed by atoms with Crippen LogP contribution in [0.25, 0.3) is 0 Å². The highest BCUT2D eigenvalue weighted by Crippen LogP contribution is 2.22. The molecule has 0 amide bonds. The summed E-state index contributed by atoms with van der Waals surface area (Å²) in [5.41, 5.74) is 0. The Kier molecular flexibility index (Phi) is 10.7. The minimum atomic E-state index is 0.167. The summed E-state index contributed by atoms with van der Waals surface area (Å²) in [5, 5.41) is 8.99. The van der Waals surface area contributed by atoms with Gasteiger partial charge in [0, 0.05) is 0 Å². The number of Topliss-reactive ketones (excluding diaryl/α,β-unsaturated/α-hetero) is 1. The molecule has 1 aromatic rings. The maximum atomic E-state index is 9.44. The standard InChI is InChI=1S/C7H8O2.C3H6O.CH2O/c1-9-7-5-3-2-4-6(7)8;1-3(2)4;1-2/h2-5,8H,1H3;1-2H3;1H2. The highest BCUT2D eigenvalue weighted by Gasteiger charge is 1.94. The number of hydrogen-bond acceptors (Lipinski definition) is 4. The Hall–Kier alpha value is -1.84. The van der Waals surface area contributed by atoms with Crippen molar-refractivity contribution >= 4 is 12.6 Å². The number of ether oxygens (including phenoxy) is 1. The molecule has 0 unspecified atom stereocenters. The second-order valence-electron chi connectivity index (χ2n) is 2.58. The fraction of sp³-hybridized carbons (Fsp3) is 0.273. The lowest BCUT2D eigenvalue weighted by Gasteiger charge is -1.99. The molecule has 1 rings (SSSR count). The lowest BCUT2D eigenvalue weighted by molar-refractivity contribution is -0.115. The number of carbonyl (C=O) groups excluding carboxylic acids is 2. The van der Waals surface area contributed by atoms with E-state index in [9.17, 15) is 4.79 Å². The van der Waals surface area contributed by atoms with Crippen molar-refractivity contribution in [2.45, 2.75) is 13.8 Å². The van der Waals surface area contributed by atoms with Crippen LogP contribution in [0.15, 0.2) is 24.3 Å². The van der Waals surface area contributed by atoms with Crippen LogP contribution in [0.4, 0.5) is 0 Å². The van der Waals surface area contributed by atoms with E-state index in [-0.39, 0.29) is 11.5 Å². The van der Waals surface area contributed by atoms with Crippen molar-refractivity contribution in [3.8, 4) is 11.5 Å². The Morgan fingerprint density at radius 3 is 1.93 bits per heavy atom. The molecule has 0 heterocycles. The van der Waals surface area contributed by atoms with E-state index in [0.717, 1.165) is 0 Å². The van der Waals surface area contributed by atoms with E-state index in [1.165, 1.54) is 21.0 Å². The number of aromatic hydroxyl groups is 1. The van der Waals surface area contributed by atoms with Crippen molar-refractivity contribution < 1.29 is 19.4 Å². The molecule has 0 aromatic heterocycles. The Morgan fingerprint density at radius 2 is 1.67 bits per heavy atom. The van der Waals surface area contributed by atoms with Gasteiger partial charge in [0.25, 0.3) is 0 Å². The van der Waals surface area contributed by atoms with Crippen LogP contribution in [0.1, 0.15) is 13.8 Å². The Morgan fingerprint density at radius 1 is 1.27 bits per heavy atom. The molecule has 0 atom stereocenters. The molecule has 0 fully saturated rings. The number of phenols is 1. The first kappa shape index (κ1) is 15.6. The summed E-state index contributed by atoms with van der Waals surface area (Å²) in [5.74, 6) is 0.859. The van der Waals surface area contributed by atoms with Crippen LogP contribution in [-0.2, 0) is 9.59 Å². The minimum Gasteiger partial charge on any atom is -0.504 e. The van der Waals surface area contributed by atoms with Gasteiger partial charge in [0.15, 0.2) is 11.5 Å². The third-order valence-corrected chi connectivity index (χ3v) is 1.09. The van der Waals surface area contributed by atoms with E-state index in [4.69, 9.17) is 14.6 Å². The largest absolute Gasteiger partial charge is 0.504 e. The van der Waals surface area contributed by atoms with Crippen molar-refractivity contribution in [3.63, 3.8) is 0 Å². The van der Waals surface area contributed by atoms with Crippen molar-refractivity contribution in [2.75, 3.05) is 7.11 Å². The zero-order chi connectivity index (χ0) is 12.3. The zero-order valence-corrected chi connectivity index (χ0v) is 9.19. The molecule has 0 spiro atoms. The van der Waals surface area contributed by atoms with Crippen LogP contribution < -0.4 is 4.74 Å². The fourth-order valence-corrected chi connectivity index (χ4v) is 0.630. The van der Waals surface area contributed by atoms with E-state index in [1.54, 1.807) is 24.3 Å². The van der Waals surface area contributed by atoms with Crippen molar-refractivity contribution in [2.24, 2.45) is 0 Å². The first-order valence-electron chi connectivity index (χ1n) is 4.16. The van der Waals surface area contributed by atoms with Crippen LogP contribution in [0, 0.1) is 0 Å². The summed E-state index contributed by atoms with van der Waals surface area (Å²) in [6, 6.07) is 6.84. The van der Waals surface area contributed by atoms with Crippen molar-refractivity contribution in [1.29, 1.82) is 0 Å². The maximum absolute atomic E-state index is 9.44. The molecule has 4 nitrogen and oxygen atoms in total. The number of rotatable bonds is 1. The average Bonchev–Trinajstić information content (AvgIpc) is 2.21. The third kappa shape index (κ3) is 10.1. The highest BCUT2D eigenvalue weighted by atomic mass is 16.5. The second kappa shape index (κ2) is 10.2. The third-order valence-electron chi connectivity index (χ3n) is 1.09. The predicted octanol–water partition coefficient (Wildman–Crippen LogP) is 1.81. The minimum absolute atomic E-state index is 0.167. The Labute approximate surface area is 89.5 Å². The van der Waals surface area contributed by atoms with E-state index in [1.807, 2.05) is 6.79 Å². The van der Waals surface area contributed by atoms with E-state index < -0.39 is 0 Å². The van der Waals surface area contributed by atoms with Gasteiger partial charge in [-0.25, -0.2) is 0 Å². The molecule has 15 heavy (non-hydrogen) atoms. The van der Waals surface area contributed by atoms with Gasteiger partial charge in [0.1, 0.15) is 12.6 Å². The van der Waals surface area contributed by atoms with Gasteiger partial charge in [-0.2, -0.15) is 0 Å². The molecule has 0 saturated heterocycles. The number of hydrogen-bond donors (Lipinski definition) is 1. The number of benzene rings is 1. The molecule has 0 saturated carbocycles. The highest BCUT2D eigenvalue weighted by molar-refractivity contribution is 5.72. The molecular formula is C11H16O4. The molecule has 0 radical (unpaired) electrons. The summed E-state index contributed by atoms with van der Waals surface area (Å²) >= 11 is 0. The van der Waals surface area contributed by atoms with Gasteiger partial charge in [-0.05, 0) is 26.0 Å². The van der Waals surface area contributed by atoms with Gasteiger partial charge < -0.3 is 19.4 Å². The maximum Gasteiger partial charge on any atom is 0.160 e. The van der Waals surface area contributed by atoms with E-state index in [2.05, 4.69) is 0 Å². The average molecular weight is 212 g/mol. The molecular weight excluding hydrogens is 196 g/mol. The number of carbonyl (C=O) groups is 2. The van der Waals surface area contributed by atoms with Crippen LogP contribution in [-0.4, -0.2) is 24.8 Å². The molecule has 0 aliphatic heterocycles. The summed E-state index contributed by atoms with van der Waals surface area (Å²) in [6.45, 7) is 5.06. The fourth-order valence-electron chi connectivity index (χ4n) is 0.630. The lowest BCUT2D eigenvalue weighted by Crippen LogP contribution is -1.80. The first-order chi connectivity index (χ1) is 7.07. The predicted molar refractivity (Wildman–Crippen MR) is 58.1 cm³/mol. The van der Waals surface area contributed by atoms with Crippen molar-refractivity contribution in [3.05, 3.63) is 24.3 Å². The van der Waals surface area contributed by atoms with Gasteiger partial charge in [-0.3, -0.25) is 0 Å². The van der Waals surface area contributed by atoms with Crippen molar-refractivity contribution in [1.82, 2.24) is 0 Å². The van der Waals surface area contributed by atoms with Gasteiger partial charge >= 0.3 is 0 Å². The molecule has 0 bridgehead atoms. The van der Waals surface area contributed by atoms with Crippen LogP contribution in [0.2, 0.25) is 0 Å². The molecule has 0 aliphatic rings. The van der Waals surface area contributed by atoms with Crippen LogP contribution >= 0.6 is 0 Å². The Bertz CT molecular complexity index is 280. The SMILES string of the molecule is C=O.CC(C)=O.COc1ccccc1O. The number of para-hydroxylation sites is 2. The number of methoxy groups -OCH3 is 1. The summed E-state index contributed by atoms with van der Waals surface area (Å²) < 4.78 is 4.79. The topological polar surface area (TPSA) is 63.6 Å². The van der Waals surface area contributed by atoms with Gasteiger partial charge in [0.2, 0.25) is 0 Å². The monoisotopic (exact) mass is 212 g/mol. The van der Waals surface area contributed by atoms with E-state index >= 15 is 0 Å². The molecule has 1 N–H and O–H groups in total. The molecule has 84 valence electrons. The number of ketones is 1. The smallest absolute Gasteiger partial charge is 0.160 e. The van der Waals surface area contributed by atoms with Gasteiger partial charge in [0.05, 0.1) is 7.11 Å². The Balaban J connectivity index is 0. The van der Waals surface area contributed by atoms with Gasteiger partial charge in [-0.15, -0.1) is 0 Å². The number of phenolic OH excluding ortho intramolecular Hbond substituents is 1. The molecule has 4 heteroatoms. The second-order valence-corrected chi connectivity index (χ2v) is 2.58. The summed E-state index contributed by atoms with van der Waals surface area (Å²) in [7, 11) is 1.52. The normalized spacial score (nSPS) is 7.40. The summed E-state index contributed by atoms with van der Waals surface area (Å²) in [4.78, 5) is 17.4. The first-order valence-corrected chi connectivity index (χ1v) is 4.16. The van der Waals surface area contributed by atoms with Crippen LogP contribution in [0.5, 0.6) is 11.5 Å². The zero-order valence-electron chi connectivity index (χ0n) is 9.19.